The molecule has 0 unspecified atom stereocenters. The molecule has 1 fully saturated rings. The van der Waals surface area contributed by atoms with Gasteiger partial charge < -0.3 is 21.8 Å². The molecule has 1 aliphatic rings. The number of hydrogen-bond acceptors (Lipinski definition) is 5. The van der Waals surface area contributed by atoms with Crippen molar-refractivity contribution in [2.75, 3.05) is 11.1 Å². The second-order valence-electron chi connectivity index (χ2n) is 7.91. The number of aromatic nitrogens is 4. The largest absolute Gasteiger partial charge is 0.382 e. The molecule has 3 heterocycles. The standard InChI is InChI=1S/C21H25N7/c1-12-8-14-9-16(6-7-17(14)24-12)25-18-10-20(23)27-28-11-19(26-21(18)28)13-2-4-15(22)5-3-13/h6-11,13,15,24-25H,2-5,22H2,1H3,(H2,23,27)/t13-,15-. The van der Waals surface area contributed by atoms with Crippen LogP contribution in [0.1, 0.15) is 43.0 Å². The maximum atomic E-state index is 6.06. The van der Waals surface area contributed by atoms with Crippen molar-refractivity contribution in [1.29, 1.82) is 0 Å². The van der Waals surface area contributed by atoms with Crippen LogP contribution in [0.2, 0.25) is 0 Å². The number of imidazole rings is 1. The number of fused-ring (bicyclic) bond motifs is 2. The molecular formula is C21H25N7. The Labute approximate surface area is 163 Å². The topological polar surface area (TPSA) is 110 Å². The molecule has 7 nitrogen and oxygen atoms in total. The first-order valence-electron chi connectivity index (χ1n) is 9.83. The summed E-state index contributed by atoms with van der Waals surface area (Å²) in [6.07, 6.45) is 6.27. The van der Waals surface area contributed by atoms with Crippen LogP contribution in [0.3, 0.4) is 0 Å². The molecule has 0 amide bonds. The van der Waals surface area contributed by atoms with E-state index in [2.05, 4.69) is 46.6 Å². The van der Waals surface area contributed by atoms with Crippen molar-refractivity contribution >= 4 is 33.7 Å². The van der Waals surface area contributed by atoms with Gasteiger partial charge >= 0.3 is 0 Å². The van der Waals surface area contributed by atoms with Crippen LogP contribution in [0.15, 0.2) is 36.5 Å². The van der Waals surface area contributed by atoms with Gasteiger partial charge in [0, 0.05) is 40.3 Å². The number of H-pyrrole nitrogens is 1. The van der Waals surface area contributed by atoms with Crippen LogP contribution in [0.25, 0.3) is 16.6 Å². The van der Waals surface area contributed by atoms with Crippen molar-refractivity contribution in [3.8, 4) is 0 Å². The zero-order chi connectivity index (χ0) is 19.3. The van der Waals surface area contributed by atoms with Crippen molar-refractivity contribution in [1.82, 2.24) is 19.6 Å². The molecule has 7 heteroatoms. The van der Waals surface area contributed by atoms with E-state index < -0.39 is 0 Å². The minimum absolute atomic E-state index is 0.325. The zero-order valence-electron chi connectivity index (χ0n) is 15.9. The summed E-state index contributed by atoms with van der Waals surface area (Å²) in [6, 6.07) is 10.6. The van der Waals surface area contributed by atoms with Crippen molar-refractivity contribution in [2.45, 2.75) is 44.6 Å². The van der Waals surface area contributed by atoms with E-state index in [0.29, 0.717) is 17.8 Å². The molecule has 4 aromatic rings. The second kappa shape index (κ2) is 6.53. The summed E-state index contributed by atoms with van der Waals surface area (Å²) < 4.78 is 1.79. The minimum Gasteiger partial charge on any atom is -0.382 e. The summed E-state index contributed by atoms with van der Waals surface area (Å²) in [5.41, 5.74) is 18.1. The summed E-state index contributed by atoms with van der Waals surface area (Å²) in [5, 5.41) is 9.07. The highest BCUT2D eigenvalue weighted by atomic mass is 15.3. The number of nitrogen functional groups attached to an aromatic ring is 1. The maximum Gasteiger partial charge on any atom is 0.177 e. The maximum absolute atomic E-state index is 6.06. The first kappa shape index (κ1) is 17.1. The molecule has 1 aromatic carbocycles. The number of benzene rings is 1. The van der Waals surface area contributed by atoms with Gasteiger partial charge in [0.15, 0.2) is 5.65 Å². The third-order valence-corrected chi connectivity index (χ3v) is 5.69. The average Bonchev–Trinajstić information content (AvgIpc) is 3.24. The molecule has 5 rings (SSSR count). The van der Waals surface area contributed by atoms with Crippen molar-refractivity contribution < 1.29 is 0 Å². The minimum atomic E-state index is 0.325. The Morgan fingerprint density at radius 3 is 2.79 bits per heavy atom. The molecule has 144 valence electrons. The van der Waals surface area contributed by atoms with Crippen molar-refractivity contribution in [3.63, 3.8) is 0 Å². The zero-order valence-corrected chi connectivity index (χ0v) is 15.9. The van der Waals surface area contributed by atoms with Gasteiger partial charge in [-0.2, -0.15) is 0 Å². The monoisotopic (exact) mass is 375 g/mol. The van der Waals surface area contributed by atoms with Gasteiger partial charge in [-0.05, 0) is 56.9 Å². The molecule has 0 atom stereocenters. The lowest BCUT2D eigenvalue weighted by Crippen LogP contribution is -2.25. The lowest BCUT2D eigenvalue weighted by Gasteiger charge is -2.24. The average molecular weight is 375 g/mol. The highest BCUT2D eigenvalue weighted by Gasteiger charge is 2.23. The first-order chi connectivity index (χ1) is 13.5. The van der Waals surface area contributed by atoms with Crippen molar-refractivity contribution in [2.24, 2.45) is 5.73 Å². The lowest BCUT2D eigenvalue weighted by atomic mass is 9.85. The van der Waals surface area contributed by atoms with E-state index in [9.17, 15) is 0 Å². The van der Waals surface area contributed by atoms with Crippen molar-refractivity contribution in [3.05, 3.63) is 47.9 Å². The van der Waals surface area contributed by atoms with Crippen LogP contribution in [-0.4, -0.2) is 25.6 Å². The van der Waals surface area contributed by atoms with E-state index in [4.69, 9.17) is 16.5 Å². The number of nitrogens with zero attached hydrogens (tertiary/aromatic N) is 3. The Kier molecular flexibility index (Phi) is 3.98. The molecule has 0 bridgehead atoms. The van der Waals surface area contributed by atoms with E-state index in [0.717, 1.165) is 59.6 Å². The second-order valence-corrected chi connectivity index (χ2v) is 7.91. The molecular weight excluding hydrogens is 350 g/mol. The van der Waals surface area contributed by atoms with Gasteiger partial charge in [0.2, 0.25) is 0 Å². The fourth-order valence-electron chi connectivity index (χ4n) is 4.23. The van der Waals surface area contributed by atoms with Gasteiger partial charge in [0.25, 0.3) is 0 Å². The van der Waals surface area contributed by atoms with Gasteiger partial charge in [-0.15, -0.1) is 5.10 Å². The first-order valence-corrected chi connectivity index (χ1v) is 9.83. The highest BCUT2D eigenvalue weighted by Crippen LogP contribution is 2.33. The molecule has 1 aliphatic carbocycles. The normalized spacial score (nSPS) is 20.1. The van der Waals surface area contributed by atoms with Gasteiger partial charge in [0.1, 0.15) is 5.82 Å². The highest BCUT2D eigenvalue weighted by molar-refractivity contribution is 5.86. The van der Waals surface area contributed by atoms with Gasteiger partial charge in [0.05, 0.1) is 17.6 Å². The lowest BCUT2D eigenvalue weighted by molar-refractivity contribution is 0.391. The van der Waals surface area contributed by atoms with E-state index in [-0.39, 0.29) is 0 Å². The summed E-state index contributed by atoms with van der Waals surface area (Å²) in [7, 11) is 0. The Hall–Kier alpha value is -3.06. The fourth-order valence-corrected chi connectivity index (χ4v) is 4.23. The third-order valence-electron chi connectivity index (χ3n) is 5.69. The molecule has 0 spiro atoms. The number of anilines is 3. The van der Waals surface area contributed by atoms with Gasteiger partial charge in [-0.3, -0.25) is 0 Å². The number of nitrogens with two attached hydrogens (primary N) is 2. The Morgan fingerprint density at radius 1 is 1.14 bits per heavy atom. The number of rotatable bonds is 3. The molecule has 3 aromatic heterocycles. The molecule has 6 N–H and O–H groups in total. The Balaban J connectivity index is 1.50. The SMILES string of the molecule is Cc1cc2cc(Nc3cc(N)nn4cc([C@H]5CC[C@H](N)CC5)nc34)ccc2[nH]1. The quantitative estimate of drug-likeness (QED) is 0.435. The summed E-state index contributed by atoms with van der Waals surface area (Å²) in [6.45, 7) is 2.06. The summed E-state index contributed by atoms with van der Waals surface area (Å²) in [4.78, 5) is 8.25. The van der Waals surface area contributed by atoms with Crippen LogP contribution >= 0.6 is 0 Å². The van der Waals surface area contributed by atoms with E-state index in [1.807, 2.05) is 12.3 Å². The Morgan fingerprint density at radius 2 is 1.96 bits per heavy atom. The summed E-state index contributed by atoms with van der Waals surface area (Å²) in [5.74, 6) is 0.901. The number of nitrogens with one attached hydrogen (secondary N) is 2. The molecule has 0 radical (unpaired) electrons. The predicted molar refractivity (Wildman–Crippen MR) is 113 cm³/mol. The van der Waals surface area contributed by atoms with Crippen LogP contribution in [-0.2, 0) is 0 Å². The van der Waals surface area contributed by atoms with Crippen LogP contribution < -0.4 is 16.8 Å². The van der Waals surface area contributed by atoms with Crippen LogP contribution in [0.4, 0.5) is 17.2 Å². The summed E-state index contributed by atoms with van der Waals surface area (Å²) >= 11 is 0. The molecule has 0 aliphatic heterocycles. The van der Waals surface area contributed by atoms with E-state index in [1.165, 1.54) is 5.39 Å². The van der Waals surface area contributed by atoms with Gasteiger partial charge in [-0.25, -0.2) is 9.50 Å². The number of hydrogen-bond donors (Lipinski definition) is 4. The third kappa shape index (κ3) is 3.07. The Bertz CT molecular complexity index is 1150. The van der Waals surface area contributed by atoms with E-state index >= 15 is 0 Å². The molecule has 28 heavy (non-hydrogen) atoms. The fraction of sp³-hybridized carbons (Fsp3) is 0.333. The number of aryl methyl sites for hydroxylation is 1. The van der Waals surface area contributed by atoms with Crippen LogP contribution in [0, 0.1) is 6.92 Å². The smallest absolute Gasteiger partial charge is 0.177 e. The predicted octanol–water partition coefficient (Wildman–Crippen LogP) is 3.83. The van der Waals surface area contributed by atoms with E-state index in [1.54, 1.807) is 4.52 Å². The molecule has 0 saturated heterocycles. The molecule has 1 saturated carbocycles. The van der Waals surface area contributed by atoms with Gasteiger partial charge in [-0.1, -0.05) is 0 Å². The number of aromatic amines is 1. The van der Waals surface area contributed by atoms with Crippen LogP contribution in [0.5, 0.6) is 0 Å².